The molecule has 0 radical (unpaired) electrons. The van der Waals surface area contributed by atoms with Gasteiger partial charge in [-0.15, -0.1) is 6.58 Å². The molecule has 0 aromatic rings. The van der Waals surface area contributed by atoms with Gasteiger partial charge in [0.05, 0.1) is 5.92 Å². The maximum absolute atomic E-state index is 12.8. The zero-order valence-electron chi connectivity index (χ0n) is 16.1. The second-order valence-electron chi connectivity index (χ2n) is 9.16. The third kappa shape index (κ3) is 5.39. The molecule has 0 nitrogen and oxygen atoms in total. The lowest BCUT2D eigenvalue weighted by molar-refractivity contribution is -0.183. The number of hydrogen-bond acceptors (Lipinski definition) is 0. The summed E-state index contributed by atoms with van der Waals surface area (Å²) in [5, 5.41) is 0. The minimum absolute atomic E-state index is 0.336. The van der Waals surface area contributed by atoms with Crippen molar-refractivity contribution >= 4 is 0 Å². The van der Waals surface area contributed by atoms with Gasteiger partial charge in [-0.1, -0.05) is 30.6 Å². The molecule has 3 rings (SSSR count). The predicted octanol–water partition coefficient (Wildman–Crippen LogP) is 7.85. The molecule has 3 aliphatic carbocycles. The molecule has 0 N–H and O–H groups in total. The molecule has 0 spiro atoms. The van der Waals surface area contributed by atoms with E-state index in [1.165, 1.54) is 56.9 Å². The highest BCUT2D eigenvalue weighted by Gasteiger charge is 2.41. The van der Waals surface area contributed by atoms with Crippen LogP contribution in [-0.2, 0) is 0 Å². The van der Waals surface area contributed by atoms with Crippen LogP contribution in [0.15, 0.2) is 24.3 Å². The van der Waals surface area contributed by atoms with Crippen molar-refractivity contribution in [3.8, 4) is 0 Å². The summed E-state index contributed by atoms with van der Waals surface area (Å²) < 4.78 is 38.5. The minimum Gasteiger partial charge on any atom is -0.171 e. The molecule has 0 saturated heterocycles. The van der Waals surface area contributed by atoms with Crippen LogP contribution < -0.4 is 0 Å². The molecule has 3 heteroatoms. The SMILES string of the molecule is C=CCC1CCC(CC2CC=C(C3CCC(C(F)(F)F)CC3)CC2)CC1. The second kappa shape index (κ2) is 8.97. The van der Waals surface area contributed by atoms with E-state index in [0.717, 1.165) is 37.0 Å². The molecule has 2 fully saturated rings. The zero-order chi connectivity index (χ0) is 18.6. The smallest absolute Gasteiger partial charge is 0.171 e. The van der Waals surface area contributed by atoms with Crippen molar-refractivity contribution in [3.05, 3.63) is 24.3 Å². The van der Waals surface area contributed by atoms with Gasteiger partial charge in [-0.2, -0.15) is 13.2 Å². The van der Waals surface area contributed by atoms with Crippen LogP contribution >= 0.6 is 0 Å². The normalized spacial score (nSPS) is 36.4. The Kier molecular flexibility index (Phi) is 6.91. The zero-order valence-corrected chi connectivity index (χ0v) is 16.1. The Bertz CT molecular complexity index is 474. The Labute approximate surface area is 157 Å². The average molecular weight is 369 g/mol. The monoisotopic (exact) mass is 368 g/mol. The van der Waals surface area contributed by atoms with Gasteiger partial charge in [0.1, 0.15) is 0 Å². The van der Waals surface area contributed by atoms with E-state index in [9.17, 15) is 13.2 Å². The highest BCUT2D eigenvalue weighted by Crippen LogP contribution is 2.44. The van der Waals surface area contributed by atoms with Crippen molar-refractivity contribution in [1.82, 2.24) is 0 Å². The molecule has 1 atom stereocenters. The molecular weight excluding hydrogens is 333 g/mol. The Morgan fingerprint density at radius 1 is 0.885 bits per heavy atom. The first kappa shape index (κ1) is 20.0. The van der Waals surface area contributed by atoms with E-state index in [2.05, 4.69) is 18.7 Å². The summed E-state index contributed by atoms with van der Waals surface area (Å²) in [4.78, 5) is 0. The molecular formula is C23H35F3. The van der Waals surface area contributed by atoms with Gasteiger partial charge in [-0.05, 0) is 94.3 Å². The minimum atomic E-state index is -3.98. The molecule has 0 aromatic heterocycles. The molecule has 2 saturated carbocycles. The number of rotatable bonds is 5. The Morgan fingerprint density at radius 3 is 2.08 bits per heavy atom. The maximum atomic E-state index is 12.8. The summed E-state index contributed by atoms with van der Waals surface area (Å²) in [6, 6.07) is 0. The summed E-state index contributed by atoms with van der Waals surface area (Å²) in [6.07, 6.45) is 14.3. The van der Waals surface area contributed by atoms with Crippen molar-refractivity contribution in [1.29, 1.82) is 0 Å². The van der Waals surface area contributed by atoms with Crippen molar-refractivity contribution < 1.29 is 13.2 Å². The van der Waals surface area contributed by atoms with Crippen LogP contribution in [0.2, 0.25) is 0 Å². The van der Waals surface area contributed by atoms with Crippen LogP contribution in [0.5, 0.6) is 0 Å². The van der Waals surface area contributed by atoms with E-state index >= 15 is 0 Å². The fourth-order valence-electron chi connectivity index (χ4n) is 5.70. The molecule has 148 valence electrons. The van der Waals surface area contributed by atoms with Crippen molar-refractivity contribution in [2.75, 3.05) is 0 Å². The van der Waals surface area contributed by atoms with Gasteiger partial charge in [0.25, 0.3) is 0 Å². The third-order valence-corrected chi connectivity index (χ3v) is 7.40. The van der Waals surface area contributed by atoms with E-state index in [4.69, 9.17) is 0 Å². The van der Waals surface area contributed by atoms with E-state index < -0.39 is 12.1 Å². The summed E-state index contributed by atoms with van der Waals surface area (Å²) in [6.45, 7) is 3.87. The van der Waals surface area contributed by atoms with Crippen LogP contribution in [0.4, 0.5) is 13.2 Å². The fraction of sp³-hybridized carbons (Fsp3) is 0.826. The lowest BCUT2D eigenvalue weighted by atomic mass is 9.71. The summed E-state index contributed by atoms with van der Waals surface area (Å²) in [7, 11) is 0. The molecule has 26 heavy (non-hydrogen) atoms. The number of allylic oxidation sites excluding steroid dienone is 3. The molecule has 0 heterocycles. The van der Waals surface area contributed by atoms with Gasteiger partial charge in [-0.25, -0.2) is 0 Å². The fourth-order valence-corrected chi connectivity index (χ4v) is 5.70. The summed E-state index contributed by atoms with van der Waals surface area (Å²) in [5.41, 5.74) is 1.48. The average Bonchev–Trinajstić information content (AvgIpc) is 2.64. The number of halogens is 3. The molecule has 0 aliphatic heterocycles. The Hall–Kier alpha value is -0.730. The van der Waals surface area contributed by atoms with E-state index in [1.807, 2.05) is 0 Å². The Morgan fingerprint density at radius 2 is 1.54 bits per heavy atom. The second-order valence-corrected chi connectivity index (χ2v) is 9.16. The molecule has 0 aromatic carbocycles. The van der Waals surface area contributed by atoms with Gasteiger partial charge in [0, 0.05) is 0 Å². The van der Waals surface area contributed by atoms with Crippen LogP contribution in [0.25, 0.3) is 0 Å². The van der Waals surface area contributed by atoms with Gasteiger partial charge in [0.2, 0.25) is 0 Å². The number of alkyl halides is 3. The van der Waals surface area contributed by atoms with Crippen molar-refractivity contribution in [2.45, 2.75) is 89.6 Å². The maximum Gasteiger partial charge on any atom is 0.391 e. The van der Waals surface area contributed by atoms with Gasteiger partial charge >= 0.3 is 6.18 Å². The summed E-state index contributed by atoms with van der Waals surface area (Å²) in [5.74, 6) is 1.97. The van der Waals surface area contributed by atoms with Gasteiger partial charge in [0.15, 0.2) is 0 Å². The van der Waals surface area contributed by atoms with Crippen LogP contribution in [-0.4, -0.2) is 6.18 Å². The predicted molar refractivity (Wildman–Crippen MR) is 102 cm³/mol. The molecule has 1 unspecified atom stereocenters. The third-order valence-electron chi connectivity index (χ3n) is 7.40. The highest BCUT2D eigenvalue weighted by molar-refractivity contribution is 5.11. The van der Waals surface area contributed by atoms with Crippen LogP contribution in [0.1, 0.15) is 83.5 Å². The van der Waals surface area contributed by atoms with Crippen molar-refractivity contribution in [2.24, 2.45) is 29.6 Å². The van der Waals surface area contributed by atoms with Crippen LogP contribution in [0.3, 0.4) is 0 Å². The molecule has 0 amide bonds. The molecule has 3 aliphatic rings. The number of hydrogen-bond donors (Lipinski definition) is 0. The summed E-state index contributed by atoms with van der Waals surface area (Å²) >= 11 is 0. The van der Waals surface area contributed by atoms with E-state index in [1.54, 1.807) is 0 Å². The van der Waals surface area contributed by atoms with E-state index in [0.29, 0.717) is 18.8 Å². The molecule has 0 bridgehead atoms. The van der Waals surface area contributed by atoms with Gasteiger partial charge in [-0.3, -0.25) is 0 Å². The first-order valence-electron chi connectivity index (χ1n) is 10.8. The van der Waals surface area contributed by atoms with E-state index in [-0.39, 0.29) is 0 Å². The first-order chi connectivity index (χ1) is 12.5. The lowest BCUT2D eigenvalue weighted by Crippen LogP contribution is -2.28. The first-order valence-corrected chi connectivity index (χ1v) is 10.8. The largest absolute Gasteiger partial charge is 0.391 e. The quantitative estimate of drug-likeness (QED) is 0.433. The highest BCUT2D eigenvalue weighted by atomic mass is 19.4. The van der Waals surface area contributed by atoms with Crippen LogP contribution in [0, 0.1) is 29.6 Å². The lowest BCUT2D eigenvalue weighted by Gasteiger charge is -2.35. The standard InChI is InChI=1S/C23H35F3/c1-2-3-17-4-6-18(7-5-17)16-19-8-10-20(11-9-19)21-12-14-22(15-13-21)23(24,25)26/h2,10,17-19,21-22H,1,3-9,11-16H2. The van der Waals surface area contributed by atoms with Crippen molar-refractivity contribution in [3.63, 3.8) is 0 Å². The topological polar surface area (TPSA) is 0 Å². The Balaban J connectivity index is 1.40. The van der Waals surface area contributed by atoms with Gasteiger partial charge < -0.3 is 0 Å².